The maximum Gasteiger partial charge on any atom is 0.323 e. The normalized spacial score (nSPS) is 31.5. The van der Waals surface area contributed by atoms with Gasteiger partial charge in [0, 0.05) is 6.61 Å². The van der Waals surface area contributed by atoms with E-state index >= 15 is 0 Å². The molecular formula is C11H19NO3. The van der Waals surface area contributed by atoms with E-state index in [1.807, 2.05) is 0 Å². The van der Waals surface area contributed by atoms with Crippen LogP contribution in [0.2, 0.25) is 0 Å². The predicted octanol–water partition coefficient (Wildman–Crippen LogP) is 0.851. The van der Waals surface area contributed by atoms with E-state index in [0.29, 0.717) is 6.61 Å². The monoisotopic (exact) mass is 213 g/mol. The van der Waals surface area contributed by atoms with Crippen LogP contribution in [0.3, 0.4) is 0 Å². The molecule has 15 heavy (non-hydrogen) atoms. The topological polar surface area (TPSA) is 47.6 Å². The lowest BCUT2D eigenvalue weighted by atomic mass is 10.1. The highest BCUT2D eigenvalue weighted by molar-refractivity contribution is 5.76. The molecule has 0 amide bonds. The highest BCUT2D eigenvalue weighted by atomic mass is 16.6. The van der Waals surface area contributed by atoms with E-state index in [-0.39, 0.29) is 18.1 Å². The standard InChI is InChI=1S/C11H19NO3/c13-11(10-5-3-6-12-10)15-8-9-4-1-2-7-14-9/h9-10,12H,1-8H2/t9?,10-/m1/s1. The van der Waals surface area contributed by atoms with Crippen LogP contribution in [0.5, 0.6) is 0 Å². The molecule has 0 aromatic rings. The first-order valence-corrected chi connectivity index (χ1v) is 5.88. The van der Waals surface area contributed by atoms with Gasteiger partial charge in [0.05, 0.1) is 6.10 Å². The third-order valence-electron chi connectivity index (χ3n) is 3.03. The molecule has 4 nitrogen and oxygen atoms in total. The molecule has 86 valence electrons. The average Bonchev–Trinajstić information content (AvgIpc) is 2.81. The van der Waals surface area contributed by atoms with Gasteiger partial charge >= 0.3 is 5.97 Å². The van der Waals surface area contributed by atoms with E-state index in [4.69, 9.17) is 9.47 Å². The van der Waals surface area contributed by atoms with Crippen molar-refractivity contribution in [3.05, 3.63) is 0 Å². The van der Waals surface area contributed by atoms with Crippen molar-refractivity contribution in [3.63, 3.8) is 0 Å². The number of ether oxygens (including phenoxy) is 2. The lowest BCUT2D eigenvalue weighted by molar-refractivity contribution is -0.151. The summed E-state index contributed by atoms with van der Waals surface area (Å²) in [5, 5.41) is 3.13. The van der Waals surface area contributed by atoms with Crippen LogP contribution in [-0.4, -0.2) is 37.9 Å². The molecule has 2 rings (SSSR count). The molecule has 1 unspecified atom stereocenters. The second-order valence-electron chi connectivity index (χ2n) is 4.27. The Kier molecular flexibility index (Phi) is 3.97. The Balaban J connectivity index is 1.65. The Morgan fingerprint density at radius 1 is 1.33 bits per heavy atom. The second kappa shape index (κ2) is 5.47. The molecule has 2 saturated heterocycles. The number of esters is 1. The molecule has 0 bridgehead atoms. The molecule has 0 saturated carbocycles. The molecule has 0 radical (unpaired) electrons. The SMILES string of the molecule is O=C(OCC1CCCCO1)[C@H]1CCCN1. The van der Waals surface area contributed by atoms with Gasteiger partial charge < -0.3 is 14.8 Å². The molecule has 0 aromatic carbocycles. The largest absolute Gasteiger partial charge is 0.462 e. The molecule has 2 atom stereocenters. The molecular weight excluding hydrogens is 194 g/mol. The summed E-state index contributed by atoms with van der Waals surface area (Å²) in [6.07, 6.45) is 5.44. The van der Waals surface area contributed by atoms with Crippen LogP contribution in [-0.2, 0) is 14.3 Å². The Labute approximate surface area is 90.3 Å². The number of rotatable bonds is 3. The van der Waals surface area contributed by atoms with Gasteiger partial charge in [-0.1, -0.05) is 0 Å². The quantitative estimate of drug-likeness (QED) is 0.706. The highest BCUT2D eigenvalue weighted by Crippen LogP contribution is 2.14. The third kappa shape index (κ3) is 3.18. The molecule has 2 aliphatic rings. The smallest absolute Gasteiger partial charge is 0.323 e. The van der Waals surface area contributed by atoms with Crippen LogP contribution in [0.15, 0.2) is 0 Å². The maximum atomic E-state index is 11.5. The van der Waals surface area contributed by atoms with Crippen LogP contribution in [0, 0.1) is 0 Å². The van der Waals surface area contributed by atoms with Crippen molar-refractivity contribution < 1.29 is 14.3 Å². The first-order chi connectivity index (χ1) is 7.36. The molecule has 1 N–H and O–H groups in total. The first kappa shape index (κ1) is 10.9. The maximum absolute atomic E-state index is 11.5. The fourth-order valence-corrected chi connectivity index (χ4v) is 2.10. The Morgan fingerprint density at radius 3 is 2.93 bits per heavy atom. The van der Waals surface area contributed by atoms with E-state index in [0.717, 1.165) is 38.8 Å². The zero-order valence-electron chi connectivity index (χ0n) is 9.04. The lowest BCUT2D eigenvalue weighted by Gasteiger charge is -2.22. The minimum atomic E-state index is -0.110. The van der Waals surface area contributed by atoms with Crippen LogP contribution >= 0.6 is 0 Å². The number of hydrogen-bond donors (Lipinski definition) is 1. The summed E-state index contributed by atoms with van der Waals surface area (Å²) in [4.78, 5) is 11.5. The fourth-order valence-electron chi connectivity index (χ4n) is 2.10. The Bertz CT molecular complexity index is 208. The summed E-state index contributed by atoms with van der Waals surface area (Å²) in [6.45, 7) is 2.17. The summed E-state index contributed by atoms with van der Waals surface area (Å²) in [7, 11) is 0. The number of nitrogens with one attached hydrogen (secondary N) is 1. The molecule has 2 heterocycles. The van der Waals surface area contributed by atoms with E-state index in [9.17, 15) is 4.79 Å². The van der Waals surface area contributed by atoms with E-state index in [1.165, 1.54) is 6.42 Å². The van der Waals surface area contributed by atoms with Crippen molar-refractivity contribution >= 4 is 5.97 Å². The van der Waals surface area contributed by atoms with Gasteiger partial charge in [0.15, 0.2) is 0 Å². The molecule has 0 aromatic heterocycles. The lowest BCUT2D eigenvalue weighted by Crippen LogP contribution is -2.35. The van der Waals surface area contributed by atoms with Crippen LogP contribution in [0.25, 0.3) is 0 Å². The predicted molar refractivity (Wildman–Crippen MR) is 55.6 cm³/mol. The van der Waals surface area contributed by atoms with Gasteiger partial charge in [-0.2, -0.15) is 0 Å². The molecule has 4 heteroatoms. The van der Waals surface area contributed by atoms with Crippen molar-refractivity contribution in [2.45, 2.75) is 44.2 Å². The zero-order chi connectivity index (χ0) is 10.5. The summed E-state index contributed by atoms with van der Waals surface area (Å²) < 4.78 is 10.7. The van der Waals surface area contributed by atoms with E-state index in [2.05, 4.69) is 5.32 Å². The third-order valence-corrected chi connectivity index (χ3v) is 3.03. The van der Waals surface area contributed by atoms with Crippen molar-refractivity contribution in [1.82, 2.24) is 5.32 Å². The number of carbonyl (C=O) groups excluding carboxylic acids is 1. The first-order valence-electron chi connectivity index (χ1n) is 5.88. The van der Waals surface area contributed by atoms with Crippen LogP contribution in [0.4, 0.5) is 0 Å². The minimum Gasteiger partial charge on any atom is -0.462 e. The average molecular weight is 213 g/mol. The second-order valence-corrected chi connectivity index (χ2v) is 4.27. The van der Waals surface area contributed by atoms with Gasteiger partial charge in [-0.3, -0.25) is 4.79 Å². The van der Waals surface area contributed by atoms with Gasteiger partial charge in [0.2, 0.25) is 0 Å². The summed E-state index contributed by atoms with van der Waals surface area (Å²) >= 11 is 0. The van der Waals surface area contributed by atoms with Gasteiger partial charge in [0.1, 0.15) is 12.6 Å². The highest BCUT2D eigenvalue weighted by Gasteiger charge is 2.24. The van der Waals surface area contributed by atoms with Gasteiger partial charge in [-0.15, -0.1) is 0 Å². The molecule has 0 spiro atoms. The minimum absolute atomic E-state index is 0.0754. The summed E-state index contributed by atoms with van der Waals surface area (Å²) in [5.41, 5.74) is 0. The zero-order valence-corrected chi connectivity index (χ0v) is 9.04. The van der Waals surface area contributed by atoms with Crippen molar-refractivity contribution in [2.24, 2.45) is 0 Å². The van der Waals surface area contributed by atoms with Gasteiger partial charge in [-0.05, 0) is 38.6 Å². The van der Waals surface area contributed by atoms with Gasteiger partial charge in [-0.25, -0.2) is 0 Å². The van der Waals surface area contributed by atoms with Crippen molar-refractivity contribution in [1.29, 1.82) is 0 Å². The molecule has 2 fully saturated rings. The summed E-state index contributed by atoms with van der Waals surface area (Å²) in [6, 6.07) is -0.0754. The van der Waals surface area contributed by atoms with Crippen molar-refractivity contribution in [3.8, 4) is 0 Å². The summed E-state index contributed by atoms with van der Waals surface area (Å²) in [5.74, 6) is -0.110. The molecule has 0 aliphatic carbocycles. The Morgan fingerprint density at radius 2 is 2.27 bits per heavy atom. The Hall–Kier alpha value is -0.610. The number of hydrogen-bond acceptors (Lipinski definition) is 4. The van der Waals surface area contributed by atoms with E-state index < -0.39 is 0 Å². The van der Waals surface area contributed by atoms with Crippen molar-refractivity contribution in [2.75, 3.05) is 19.8 Å². The van der Waals surface area contributed by atoms with Crippen LogP contribution in [0.1, 0.15) is 32.1 Å². The van der Waals surface area contributed by atoms with E-state index in [1.54, 1.807) is 0 Å². The van der Waals surface area contributed by atoms with Gasteiger partial charge in [0.25, 0.3) is 0 Å². The molecule has 2 aliphatic heterocycles. The number of carbonyl (C=O) groups is 1. The van der Waals surface area contributed by atoms with Crippen LogP contribution < -0.4 is 5.32 Å². The fraction of sp³-hybridized carbons (Fsp3) is 0.909.